The molecule has 5 heteroatoms. The molecule has 0 radical (unpaired) electrons. The van der Waals surface area contributed by atoms with Gasteiger partial charge in [-0.25, -0.2) is 0 Å². The number of hydrogen-bond donors (Lipinski definition) is 0. The van der Waals surface area contributed by atoms with E-state index in [0.29, 0.717) is 12.1 Å². The van der Waals surface area contributed by atoms with Crippen molar-refractivity contribution < 1.29 is 4.43 Å². The Kier molecular flexibility index (Phi) is 4.77. The molecule has 0 N–H and O–H groups in total. The van der Waals surface area contributed by atoms with Crippen LogP contribution in [0.15, 0.2) is 0 Å². The average Bonchev–Trinajstić information content (AvgIpc) is 1.90. The number of nitrogens with zero attached hydrogens (tertiary/aromatic N) is 1. The van der Waals surface area contributed by atoms with E-state index in [9.17, 15) is 0 Å². The van der Waals surface area contributed by atoms with E-state index in [0.717, 1.165) is 0 Å². The fourth-order valence-electron chi connectivity index (χ4n) is 4.60. The molecular formula is C13H33NOSi3. The molecule has 1 rings (SSSR count). The van der Waals surface area contributed by atoms with E-state index in [1.54, 1.807) is 0 Å². The van der Waals surface area contributed by atoms with Crippen LogP contribution in [-0.2, 0) is 4.43 Å². The van der Waals surface area contributed by atoms with Crippen LogP contribution in [0.3, 0.4) is 0 Å². The lowest BCUT2D eigenvalue weighted by atomic mass is 10.2. The highest BCUT2D eigenvalue weighted by molar-refractivity contribution is 7.51. The lowest BCUT2D eigenvalue weighted by Gasteiger charge is -2.55. The summed E-state index contributed by atoms with van der Waals surface area (Å²) in [5.41, 5.74) is 0.115. The lowest BCUT2D eigenvalue weighted by Crippen LogP contribution is -2.74. The van der Waals surface area contributed by atoms with Crippen molar-refractivity contribution >= 4 is 24.1 Å². The first-order chi connectivity index (χ1) is 7.89. The second kappa shape index (κ2) is 5.16. The summed E-state index contributed by atoms with van der Waals surface area (Å²) in [4.78, 5) is 0. The van der Waals surface area contributed by atoms with Crippen molar-refractivity contribution in [2.24, 2.45) is 0 Å². The topological polar surface area (TPSA) is 12.5 Å². The van der Waals surface area contributed by atoms with E-state index < -0.39 is 15.6 Å². The normalized spacial score (nSPS) is 32.7. The van der Waals surface area contributed by atoms with E-state index in [2.05, 4.69) is 65.7 Å². The monoisotopic (exact) mass is 303 g/mol. The Balaban J connectivity index is 3.09. The molecule has 2 nitrogen and oxygen atoms in total. The second-order valence-electron chi connectivity index (χ2n) is 8.15. The van der Waals surface area contributed by atoms with Gasteiger partial charge in [0.1, 0.15) is 0 Å². The highest BCUT2D eigenvalue weighted by atomic mass is 29.6. The van der Waals surface area contributed by atoms with E-state index in [-0.39, 0.29) is 14.2 Å². The molecule has 0 saturated carbocycles. The van der Waals surface area contributed by atoms with Gasteiger partial charge in [0.2, 0.25) is 8.00 Å². The van der Waals surface area contributed by atoms with Gasteiger partial charge in [-0.05, 0) is 38.5 Å². The predicted octanol–water partition coefficient (Wildman–Crippen LogP) is 2.86. The molecule has 0 aromatic heterocycles. The molecule has 0 spiro atoms. The highest BCUT2D eigenvalue weighted by Gasteiger charge is 2.53. The summed E-state index contributed by atoms with van der Waals surface area (Å²) in [5, 5.41) is 0. The first kappa shape index (κ1) is 16.6. The van der Waals surface area contributed by atoms with Crippen LogP contribution in [0, 0.1) is 0 Å². The van der Waals surface area contributed by atoms with Crippen molar-refractivity contribution in [2.45, 2.75) is 84.9 Å². The second-order valence-corrected chi connectivity index (χ2v) is 30.2. The van der Waals surface area contributed by atoms with Crippen LogP contribution in [0.5, 0.6) is 0 Å². The fraction of sp³-hybridized carbons (Fsp3) is 1.00. The zero-order valence-electron chi connectivity index (χ0n) is 13.9. The summed E-state index contributed by atoms with van der Waals surface area (Å²) < 4.78 is 9.50. The van der Waals surface area contributed by atoms with Gasteiger partial charge in [0.15, 0.2) is 0 Å². The molecule has 108 valence electrons. The molecular weight excluding hydrogens is 270 g/mol. The van der Waals surface area contributed by atoms with E-state index in [1.165, 1.54) is 6.04 Å². The van der Waals surface area contributed by atoms with Gasteiger partial charge in [-0.1, -0.05) is 40.8 Å². The zero-order valence-corrected chi connectivity index (χ0v) is 17.3. The van der Waals surface area contributed by atoms with E-state index in [4.69, 9.17) is 4.43 Å². The van der Waals surface area contributed by atoms with E-state index in [1.807, 2.05) is 0 Å². The Morgan fingerprint density at radius 3 is 1.83 bits per heavy atom. The quantitative estimate of drug-likeness (QED) is 0.743. The minimum absolute atomic E-state index is 0.0664. The van der Waals surface area contributed by atoms with Crippen LogP contribution >= 0.6 is 0 Å². The molecule has 18 heavy (non-hydrogen) atoms. The standard InChI is InChI=1S/C13H33NOSi3/c1-11(2)14(12(3)4)18(9)15-13(5,6)10-17(7,8)16-18/h11-12H,10,16H2,1-9H3. The zero-order chi connectivity index (χ0) is 14.4. The van der Waals surface area contributed by atoms with Crippen LogP contribution in [0.2, 0.25) is 25.7 Å². The maximum absolute atomic E-state index is 6.74. The minimum atomic E-state index is -1.63. The Morgan fingerprint density at radius 1 is 1.06 bits per heavy atom. The Labute approximate surface area is 118 Å². The van der Waals surface area contributed by atoms with Crippen LogP contribution in [0.25, 0.3) is 0 Å². The van der Waals surface area contributed by atoms with Crippen molar-refractivity contribution in [2.75, 3.05) is 0 Å². The molecule has 1 saturated heterocycles. The summed E-state index contributed by atoms with van der Waals surface area (Å²) in [6.07, 6.45) is 0. The SMILES string of the molecule is CC(C)N(C(C)C)[Si]1(C)OC(C)(C)C[Si](C)(C)[SiH2]1. The molecule has 1 fully saturated rings. The summed E-state index contributed by atoms with van der Waals surface area (Å²) in [7, 11) is -2.68. The molecule has 0 aromatic rings. The maximum atomic E-state index is 6.74. The van der Waals surface area contributed by atoms with Crippen LogP contribution in [0.1, 0.15) is 41.5 Å². The molecule has 0 amide bonds. The third-order valence-corrected chi connectivity index (χ3v) is 32.0. The van der Waals surface area contributed by atoms with Gasteiger partial charge < -0.3 is 8.99 Å². The van der Waals surface area contributed by atoms with Gasteiger partial charge >= 0.3 is 0 Å². The van der Waals surface area contributed by atoms with Gasteiger partial charge in [0.05, 0.1) is 8.55 Å². The third-order valence-electron chi connectivity index (χ3n) is 3.87. The van der Waals surface area contributed by atoms with E-state index >= 15 is 0 Å². The van der Waals surface area contributed by atoms with Crippen molar-refractivity contribution in [3.63, 3.8) is 0 Å². The van der Waals surface area contributed by atoms with Crippen molar-refractivity contribution in [3.05, 3.63) is 0 Å². The Morgan fingerprint density at radius 2 is 1.50 bits per heavy atom. The van der Waals surface area contributed by atoms with Crippen LogP contribution in [-0.4, -0.2) is 46.4 Å². The third kappa shape index (κ3) is 3.79. The first-order valence-electron chi connectivity index (χ1n) is 7.37. The van der Waals surface area contributed by atoms with Crippen LogP contribution in [0.4, 0.5) is 0 Å². The average molecular weight is 304 g/mol. The summed E-state index contributed by atoms with van der Waals surface area (Å²) in [5.74, 6) is 0. The van der Waals surface area contributed by atoms with Gasteiger partial charge in [0.25, 0.3) is 0 Å². The molecule has 0 aliphatic carbocycles. The molecule has 1 heterocycles. The van der Waals surface area contributed by atoms with Crippen molar-refractivity contribution in [1.82, 2.24) is 4.57 Å². The van der Waals surface area contributed by atoms with Gasteiger partial charge in [-0.15, -0.1) is 0 Å². The Hall–Kier alpha value is 0.571. The molecule has 1 aliphatic rings. The summed E-state index contributed by atoms with van der Waals surface area (Å²) in [6.45, 7) is 21.7. The largest absolute Gasteiger partial charge is 0.402 e. The fourth-order valence-corrected chi connectivity index (χ4v) is 43.9. The summed E-state index contributed by atoms with van der Waals surface area (Å²) >= 11 is 0. The summed E-state index contributed by atoms with van der Waals surface area (Å²) in [6, 6.07) is 2.60. The minimum Gasteiger partial charge on any atom is -0.402 e. The molecule has 1 aliphatic heterocycles. The maximum Gasteiger partial charge on any atom is 0.241 e. The highest BCUT2D eigenvalue weighted by Crippen LogP contribution is 2.36. The van der Waals surface area contributed by atoms with Crippen molar-refractivity contribution in [1.29, 1.82) is 0 Å². The molecule has 1 unspecified atom stereocenters. The number of rotatable bonds is 3. The number of hydrogen-bond acceptors (Lipinski definition) is 2. The smallest absolute Gasteiger partial charge is 0.241 e. The van der Waals surface area contributed by atoms with Gasteiger partial charge in [0, 0.05) is 13.2 Å². The van der Waals surface area contributed by atoms with Gasteiger partial charge in [-0.2, -0.15) is 0 Å². The van der Waals surface area contributed by atoms with Crippen molar-refractivity contribution in [3.8, 4) is 0 Å². The van der Waals surface area contributed by atoms with Gasteiger partial charge in [-0.3, -0.25) is 0 Å². The Bertz CT molecular complexity index is 279. The molecule has 1 atom stereocenters. The first-order valence-corrected chi connectivity index (χ1v) is 17.6. The predicted molar refractivity (Wildman–Crippen MR) is 89.7 cm³/mol. The lowest BCUT2D eigenvalue weighted by molar-refractivity contribution is 0.0870. The van der Waals surface area contributed by atoms with Crippen LogP contribution < -0.4 is 0 Å². The molecule has 0 aromatic carbocycles. The molecule has 0 bridgehead atoms.